The molecular formula is C29H28Cl2FN3O3. The van der Waals surface area contributed by atoms with Crippen molar-refractivity contribution in [1.82, 2.24) is 9.78 Å². The Morgan fingerprint density at radius 2 is 1.95 bits per heavy atom. The maximum Gasteiger partial charge on any atom is 0.280 e. The van der Waals surface area contributed by atoms with E-state index in [0.717, 1.165) is 17.0 Å². The minimum atomic E-state index is -1.15. The van der Waals surface area contributed by atoms with E-state index in [1.165, 1.54) is 18.2 Å². The summed E-state index contributed by atoms with van der Waals surface area (Å²) < 4.78 is 21.7. The second-order valence-electron chi connectivity index (χ2n) is 9.73. The highest BCUT2D eigenvalue weighted by Gasteiger charge is 2.56. The third-order valence-electron chi connectivity index (χ3n) is 7.24. The molecule has 1 aromatic heterocycles. The topological polar surface area (TPSA) is 67.6 Å². The third-order valence-corrected chi connectivity index (χ3v) is 7.78. The number of allylic oxidation sites excluding steroid dienone is 2. The second-order valence-corrected chi connectivity index (χ2v) is 10.6. The highest BCUT2D eigenvalue weighted by Crippen LogP contribution is 2.52. The van der Waals surface area contributed by atoms with E-state index in [1.54, 1.807) is 24.1 Å². The Labute approximate surface area is 230 Å². The molecule has 1 aliphatic heterocycles. The molecule has 6 nitrogen and oxygen atoms in total. The van der Waals surface area contributed by atoms with Crippen LogP contribution < -0.4 is 4.90 Å². The number of carbonyl (C=O) groups is 1. The van der Waals surface area contributed by atoms with Gasteiger partial charge < -0.3 is 9.84 Å². The molecule has 198 valence electrons. The molecule has 3 aromatic rings. The van der Waals surface area contributed by atoms with Gasteiger partial charge >= 0.3 is 0 Å². The number of halogens is 3. The minimum absolute atomic E-state index is 0.0505. The molecule has 9 heteroatoms. The third kappa shape index (κ3) is 4.09. The van der Waals surface area contributed by atoms with E-state index in [0.29, 0.717) is 22.7 Å². The van der Waals surface area contributed by atoms with Crippen molar-refractivity contribution in [2.45, 2.75) is 44.2 Å². The van der Waals surface area contributed by atoms with E-state index in [2.05, 4.69) is 0 Å². The molecule has 0 saturated carbocycles. The lowest BCUT2D eigenvalue weighted by Crippen LogP contribution is -2.47. The van der Waals surface area contributed by atoms with Crippen LogP contribution in [-0.4, -0.2) is 40.6 Å². The predicted octanol–water partition coefficient (Wildman–Crippen LogP) is 6.55. The average Bonchev–Trinajstić information content (AvgIpc) is 3.41. The van der Waals surface area contributed by atoms with E-state index in [-0.39, 0.29) is 41.7 Å². The monoisotopic (exact) mass is 555 g/mol. The Morgan fingerprint density at radius 3 is 2.58 bits per heavy atom. The number of rotatable bonds is 7. The average molecular weight is 556 g/mol. The van der Waals surface area contributed by atoms with Crippen molar-refractivity contribution in [3.63, 3.8) is 0 Å². The Hall–Kier alpha value is -2.97. The van der Waals surface area contributed by atoms with Crippen LogP contribution in [0.4, 0.5) is 10.1 Å². The molecule has 38 heavy (non-hydrogen) atoms. The van der Waals surface area contributed by atoms with Gasteiger partial charge in [0.1, 0.15) is 17.5 Å². The van der Waals surface area contributed by atoms with Gasteiger partial charge in [-0.1, -0.05) is 61.3 Å². The molecule has 2 atom stereocenters. The number of fused-ring (bicyclic) bond motifs is 1. The molecule has 1 N–H and O–H groups in total. The molecule has 2 aliphatic rings. The molecule has 0 saturated heterocycles. The summed E-state index contributed by atoms with van der Waals surface area (Å²) in [5.41, 5.74) is 2.60. The number of ether oxygens (including phenoxy) is 1. The van der Waals surface area contributed by atoms with E-state index in [1.807, 2.05) is 48.9 Å². The molecule has 0 spiro atoms. The van der Waals surface area contributed by atoms with Crippen molar-refractivity contribution in [2.24, 2.45) is 0 Å². The number of benzene rings is 2. The Bertz CT molecular complexity index is 1450. The Kier molecular flexibility index (Phi) is 7.22. The van der Waals surface area contributed by atoms with Gasteiger partial charge in [-0.05, 0) is 54.3 Å². The van der Waals surface area contributed by atoms with Crippen LogP contribution in [0.5, 0.6) is 0 Å². The number of carbonyl (C=O) groups excluding carboxylic acids is 1. The van der Waals surface area contributed by atoms with Gasteiger partial charge in [0.15, 0.2) is 5.69 Å². The summed E-state index contributed by atoms with van der Waals surface area (Å²) in [5, 5.41) is 15.7. The van der Waals surface area contributed by atoms with Gasteiger partial charge in [0.2, 0.25) is 0 Å². The molecule has 2 aromatic carbocycles. The zero-order valence-electron chi connectivity index (χ0n) is 21.3. The fourth-order valence-electron chi connectivity index (χ4n) is 5.63. The molecule has 0 fully saturated rings. The van der Waals surface area contributed by atoms with Gasteiger partial charge in [-0.15, -0.1) is 0 Å². The first kappa shape index (κ1) is 26.6. The van der Waals surface area contributed by atoms with Crippen LogP contribution >= 0.6 is 23.2 Å². The normalized spacial score (nSPS) is 20.8. The van der Waals surface area contributed by atoms with Crippen molar-refractivity contribution < 1.29 is 19.0 Å². The SMILES string of the molecule is COC1CC=CC=C1n1nc2c(c1C(C)C)C(CCO)(c1ccc(Cl)cc1)N(c1ccc(F)c(Cl)c1)C2=O. The van der Waals surface area contributed by atoms with Crippen LogP contribution in [-0.2, 0) is 10.3 Å². The number of methoxy groups -OCH3 is 1. The Balaban J connectivity index is 1.86. The summed E-state index contributed by atoms with van der Waals surface area (Å²) in [6.07, 6.45) is 6.54. The number of amides is 1. The molecule has 1 aliphatic carbocycles. The molecule has 5 rings (SSSR count). The van der Waals surface area contributed by atoms with Crippen LogP contribution in [0.3, 0.4) is 0 Å². The molecule has 0 radical (unpaired) electrons. The fraction of sp³-hybridized carbons (Fsp3) is 0.310. The van der Waals surface area contributed by atoms with E-state index in [4.69, 9.17) is 33.0 Å². The predicted molar refractivity (Wildman–Crippen MR) is 147 cm³/mol. The summed E-state index contributed by atoms with van der Waals surface area (Å²) in [7, 11) is 1.65. The quantitative estimate of drug-likeness (QED) is 0.358. The van der Waals surface area contributed by atoms with Crippen molar-refractivity contribution >= 4 is 40.5 Å². The number of aliphatic hydroxyl groups is 1. The van der Waals surface area contributed by atoms with Crippen molar-refractivity contribution in [2.75, 3.05) is 18.6 Å². The lowest BCUT2D eigenvalue weighted by molar-refractivity contribution is 0.0971. The number of nitrogens with zero attached hydrogens (tertiary/aromatic N) is 3. The fourth-order valence-corrected chi connectivity index (χ4v) is 5.94. The maximum absolute atomic E-state index is 14.3. The van der Waals surface area contributed by atoms with Crippen LogP contribution in [0.2, 0.25) is 10.0 Å². The number of hydrogen-bond donors (Lipinski definition) is 1. The summed E-state index contributed by atoms with van der Waals surface area (Å²) >= 11 is 12.4. The van der Waals surface area contributed by atoms with Gasteiger partial charge in [0.25, 0.3) is 5.91 Å². The summed E-state index contributed by atoms with van der Waals surface area (Å²) in [6.45, 7) is 3.86. The van der Waals surface area contributed by atoms with Crippen molar-refractivity contribution in [1.29, 1.82) is 0 Å². The largest absolute Gasteiger partial charge is 0.396 e. The second kappa shape index (κ2) is 10.3. The highest BCUT2D eigenvalue weighted by atomic mass is 35.5. The van der Waals surface area contributed by atoms with Gasteiger partial charge in [-0.2, -0.15) is 5.10 Å². The lowest BCUT2D eigenvalue weighted by Gasteiger charge is -2.40. The van der Waals surface area contributed by atoms with Crippen LogP contribution in [0.15, 0.2) is 60.7 Å². The number of anilines is 1. The highest BCUT2D eigenvalue weighted by molar-refractivity contribution is 6.31. The number of aromatic nitrogens is 2. The maximum atomic E-state index is 14.3. The minimum Gasteiger partial charge on any atom is -0.396 e. The van der Waals surface area contributed by atoms with Gasteiger partial charge in [-0.25, -0.2) is 9.07 Å². The Morgan fingerprint density at radius 1 is 1.21 bits per heavy atom. The van der Waals surface area contributed by atoms with Gasteiger partial charge in [0.05, 0.1) is 16.4 Å². The molecule has 0 bridgehead atoms. The van der Waals surface area contributed by atoms with Crippen LogP contribution in [0, 0.1) is 5.82 Å². The van der Waals surface area contributed by atoms with Gasteiger partial charge in [0, 0.05) is 36.4 Å². The van der Waals surface area contributed by atoms with E-state index in [9.17, 15) is 14.3 Å². The zero-order chi connectivity index (χ0) is 27.2. The summed E-state index contributed by atoms with van der Waals surface area (Å²) in [6, 6.07) is 11.4. The molecule has 1 amide bonds. The van der Waals surface area contributed by atoms with E-state index < -0.39 is 11.4 Å². The standard InChI is InChI=1S/C29H28Cl2FN3O3/c1-17(2)27-25-26(33-35(27)23-6-4-5-7-24(23)38-3)28(37)34(20-12-13-22(32)21(31)16-20)29(25,14-15-36)18-8-10-19(30)11-9-18/h4-6,8-13,16-17,24,36H,7,14-15H2,1-3H3. The first-order valence-corrected chi connectivity index (χ1v) is 13.2. The lowest BCUT2D eigenvalue weighted by atomic mass is 9.78. The van der Waals surface area contributed by atoms with Crippen molar-refractivity contribution in [3.05, 3.63) is 99.1 Å². The van der Waals surface area contributed by atoms with Crippen LogP contribution in [0.1, 0.15) is 59.9 Å². The summed E-state index contributed by atoms with van der Waals surface area (Å²) in [5.74, 6) is -1.01. The molecule has 2 heterocycles. The number of aliphatic hydroxyl groups excluding tert-OH is 1. The summed E-state index contributed by atoms with van der Waals surface area (Å²) in [4.78, 5) is 15.9. The first-order valence-electron chi connectivity index (χ1n) is 12.4. The molecule has 2 unspecified atom stereocenters. The first-order chi connectivity index (χ1) is 18.2. The van der Waals surface area contributed by atoms with E-state index >= 15 is 0 Å². The molecular weight excluding hydrogens is 528 g/mol. The van der Waals surface area contributed by atoms with Gasteiger partial charge in [-0.3, -0.25) is 9.69 Å². The smallest absolute Gasteiger partial charge is 0.280 e. The van der Waals surface area contributed by atoms with Crippen LogP contribution in [0.25, 0.3) is 5.70 Å². The number of hydrogen-bond acceptors (Lipinski definition) is 4. The zero-order valence-corrected chi connectivity index (χ0v) is 22.8. The van der Waals surface area contributed by atoms with Crippen molar-refractivity contribution in [3.8, 4) is 0 Å².